The Kier molecular flexibility index (Phi) is 3.39. The maximum atomic E-state index is 11.9. The van der Waals surface area contributed by atoms with Gasteiger partial charge in [0.25, 0.3) is 0 Å². The van der Waals surface area contributed by atoms with Crippen molar-refractivity contribution in [1.29, 1.82) is 0 Å². The Labute approximate surface area is 99.2 Å². The van der Waals surface area contributed by atoms with Crippen LogP contribution in [0.3, 0.4) is 0 Å². The second kappa shape index (κ2) is 4.97. The van der Waals surface area contributed by atoms with Gasteiger partial charge < -0.3 is 9.90 Å². The van der Waals surface area contributed by atoms with E-state index in [4.69, 9.17) is 0 Å². The molecule has 0 radical (unpaired) electrons. The van der Waals surface area contributed by atoms with Gasteiger partial charge in [0.15, 0.2) is 0 Å². The zero-order valence-electron chi connectivity index (χ0n) is 9.37. The van der Waals surface area contributed by atoms with E-state index in [-0.39, 0.29) is 18.2 Å². The molecule has 90 valence electrons. The smallest absolute Gasteiger partial charge is 0.241 e. The molecule has 0 aromatic heterocycles. The number of phenolic OH excluding ortho intramolecular Hbond substituents is 1. The van der Waals surface area contributed by atoms with Crippen molar-refractivity contribution < 1.29 is 14.7 Å². The summed E-state index contributed by atoms with van der Waals surface area (Å²) in [6.45, 7) is 0.849. The van der Waals surface area contributed by atoms with Crippen molar-refractivity contribution in [3.05, 3.63) is 24.3 Å². The van der Waals surface area contributed by atoms with Crippen LogP contribution in [0.2, 0.25) is 0 Å². The summed E-state index contributed by atoms with van der Waals surface area (Å²) < 4.78 is 0. The molecule has 1 aromatic rings. The molecule has 5 nitrogen and oxygen atoms in total. The summed E-state index contributed by atoms with van der Waals surface area (Å²) in [5.74, 6) is 0.0515. The van der Waals surface area contributed by atoms with E-state index in [9.17, 15) is 14.7 Å². The van der Waals surface area contributed by atoms with Gasteiger partial charge >= 0.3 is 0 Å². The van der Waals surface area contributed by atoms with Crippen LogP contribution in [0.15, 0.2) is 24.3 Å². The van der Waals surface area contributed by atoms with Gasteiger partial charge in [0.05, 0.1) is 12.2 Å². The third-order valence-electron chi connectivity index (χ3n) is 2.69. The number of hydrogen-bond acceptors (Lipinski definition) is 4. The highest BCUT2D eigenvalue weighted by Crippen LogP contribution is 2.25. The summed E-state index contributed by atoms with van der Waals surface area (Å²) in [5.41, 5.74) is 0.594. The SMILES string of the molecule is O=CCN1CCCC(=O)N1c1cccc(O)c1. The number of hydrogen-bond donors (Lipinski definition) is 1. The summed E-state index contributed by atoms with van der Waals surface area (Å²) >= 11 is 0. The number of benzene rings is 1. The van der Waals surface area contributed by atoms with E-state index < -0.39 is 0 Å². The van der Waals surface area contributed by atoms with Crippen molar-refractivity contribution in [3.8, 4) is 5.75 Å². The van der Waals surface area contributed by atoms with Crippen molar-refractivity contribution in [2.75, 3.05) is 18.1 Å². The highest BCUT2D eigenvalue weighted by molar-refractivity contribution is 5.93. The average Bonchev–Trinajstić information content (AvgIpc) is 2.29. The van der Waals surface area contributed by atoms with Gasteiger partial charge in [-0.25, -0.2) is 10.0 Å². The average molecular weight is 234 g/mol. The lowest BCUT2D eigenvalue weighted by molar-refractivity contribution is -0.124. The molecular formula is C12H14N2O3. The van der Waals surface area contributed by atoms with Gasteiger partial charge in [0.2, 0.25) is 5.91 Å². The van der Waals surface area contributed by atoms with E-state index >= 15 is 0 Å². The molecule has 0 saturated carbocycles. The second-order valence-corrected chi connectivity index (χ2v) is 3.91. The third-order valence-corrected chi connectivity index (χ3v) is 2.69. The van der Waals surface area contributed by atoms with E-state index in [1.807, 2.05) is 0 Å². The Morgan fingerprint density at radius 2 is 2.24 bits per heavy atom. The minimum Gasteiger partial charge on any atom is -0.508 e. The Hall–Kier alpha value is -1.88. The Morgan fingerprint density at radius 3 is 2.94 bits per heavy atom. The summed E-state index contributed by atoms with van der Waals surface area (Å²) in [5, 5.41) is 12.6. The molecule has 1 saturated heterocycles. The number of carbonyl (C=O) groups is 2. The van der Waals surface area contributed by atoms with Gasteiger partial charge in [0, 0.05) is 19.0 Å². The number of phenols is 1. The molecule has 1 amide bonds. The Bertz CT molecular complexity index is 434. The molecular weight excluding hydrogens is 220 g/mol. The number of aldehydes is 1. The topological polar surface area (TPSA) is 60.9 Å². The van der Waals surface area contributed by atoms with Crippen LogP contribution in [0, 0.1) is 0 Å². The minimum absolute atomic E-state index is 0.0521. The van der Waals surface area contributed by atoms with Crippen LogP contribution in [0.5, 0.6) is 5.75 Å². The molecule has 1 aliphatic rings. The van der Waals surface area contributed by atoms with Gasteiger partial charge in [-0.05, 0) is 18.6 Å². The quantitative estimate of drug-likeness (QED) is 0.790. The van der Waals surface area contributed by atoms with Gasteiger partial charge in [-0.15, -0.1) is 0 Å². The van der Waals surface area contributed by atoms with Crippen LogP contribution < -0.4 is 5.01 Å². The molecule has 1 aromatic carbocycles. The first-order valence-corrected chi connectivity index (χ1v) is 5.53. The van der Waals surface area contributed by atoms with Crippen LogP contribution in [-0.4, -0.2) is 35.4 Å². The van der Waals surface area contributed by atoms with Crippen LogP contribution in [-0.2, 0) is 9.59 Å². The molecule has 1 N–H and O–H groups in total. The predicted octanol–water partition coefficient (Wildman–Crippen LogP) is 0.935. The molecule has 0 unspecified atom stereocenters. The second-order valence-electron chi connectivity index (χ2n) is 3.91. The monoisotopic (exact) mass is 234 g/mol. The number of amides is 1. The molecule has 5 heteroatoms. The molecule has 1 heterocycles. The highest BCUT2D eigenvalue weighted by atomic mass is 16.3. The van der Waals surface area contributed by atoms with E-state index in [0.29, 0.717) is 18.7 Å². The molecule has 0 spiro atoms. The van der Waals surface area contributed by atoms with Crippen LogP contribution in [0.25, 0.3) is 0 Å². The molecule has 0 atom stereocenters. The van der Waals surface area contributed by atoms with Gasteiger partial charge in [-0.2, -0.15) is 0 Å². The lowest BCUT2D eigenvalue weighted by Crippen LogP contribution is -2.51. The number of nitrogens with zero attached hydrogens (tertiary/aromatic N) is 2. The fourth-order valence-corrected chi connectivity index (χ4v) is 1.97. The first kappa shape index (κ1) is 11.6. The van der Waals surface area contributed by atoms with Crippen LogP contribution in [0.1, 0.15) is 12.8 Å². The molecule has 2 rings (SSSR count). The number of carbonyl (C=O) groups excluding carboxylic acids is 2. The van der Waals surface area contributed by atoms with Crippen molar-refractivity contribution in [3.63, 3.8) is 0 Å². The number of rotatable bonds is 3. The normalized spacial score (nSPS) is 17.2. The largest absolute Gasteiger partial charge is 0.508 e. The zero-order valence-corrected chi connectivity index (χ0v) is 9.37. The molecule has 17 heavy (non-hydrogen) atoms. The Morgan fingerprint density at radius 1 is 1.41 bits per heavy atom. The number of hydrazine groups is 1. The van der Waals surface area contributed by atoms with E-state index in [1.54, 1.807) is 23.2 Å². The molecule has 0 bridgehead atoms. The van der Waals surface area contributed by atoms with Gasteiger partial charge in [-0.1, -0.05) is 6.07 Å². The zero-order chi connectivity index (χ0) is 12.3. The van der Waals surface area contributed by atoms with Crippen molar-refractivity contribution in [2.45, 2.75) is 12.8 Å². The van der Waals surface area contributed by atoms with E-state index in [0.717, 1.165) is 12.7 Å². The molecule has 1 aliphatic heterocycles. The van der Waals surface area contributed by atoms with Crippen molar-refractivity contribution in [1.82, 2.24) is 5.01 Å². The fraction of sp³-hybridized carbons (Fsp3) is 0.333. The minimum atomic E-state index is -0.0521. The Balaban J connectivity index is 2.30. The third kappa shape index (κ3) is 2.45. The van der Waals surface area contributed by atoms with Gasteiger partial charge in [0.1, 0.15) is 12.0 Å². The summed E-state index contributed by atoms with van der Waals surface area (Å²) in [4.78, 5) is 22.5. The summed E-state index contributed by atoms with van der Waals surface area (Å²) in [6.07, 6.45) is 1.99. The first-order valence-electron chi connectivity index (χ1n) is 5.53. The maximum Gasteiger partial charge on any atom is 0.241 e. The van der Waals surface area contributed by atoms with Crippen molar-refractivity contribution in [2.24, 2.45) is 0 Å². The number of anilines is 1. The first-order chi connectivity index (χ1) is 8.22. The molecule has 1 fully saturated rings. The maximum absolute atomic E-state index is 11.9. The van der Waals surface area contributed by atoms with E-state index in [2.05, 4.69) is 0 Å². The van der Waals surface area contributed by atoms with E-state index in [1.165, 1.54) is 11.1 Å². The lowest BCUT2D eigenvalue weighted by atomic mass is 10.2. The van der Waals surface area contributed by atoms with Crippen molar-refractivity contribution >= 4 is 17.9 Å². The standard InChI is InChI=1S/C12H14N2O3/c15-8-7-13-6-2-5-12(17)14(13)10-3-1-4-11(16)9-10/h1,3-4,8-9,16H,2,5-7H2. The fourth-order valence-electron chi connectivity index (χ4n) is 1.97. The van der Waals surface area contributed by atoms with Gasteiger partial charge in [-0.3, -0.25) is 4.79 Å². The number of aromatic hydroxyl groups is 1. The highest BCUT2D eigenvalue weighted by Gasteiger charge is 2.27. The molecule has 0 aliphatic carbocycles. The summed E-state index contributed by atoms with van der Waals surface area (Å²) in [6, 6.07) is 6.47. The summed E-state index contributed by atoms with van der Waals surface area (Å²) in [7, 11) is 0. The van der Waals surface area contributed by atoms with Crippen LogP contribution in [0.4, 0.5) is 5.69 Å². The predicted molar refractivity (Wildman–Crippen MR) is 62.5 cm³/mol. The van der Waals surface area contributed by atoms with Crippen LogP contribution >= 0.6 is 0 Å². The lowest BCUT2D eigenvalue weighted by Gasteiger charge is -2.37.